The van der Waals surface area contributed by atoms with Crippen molar-refractivity contribution in [2.75, 3.05) is 10.6 Å². The molecule has 6 nitrogen and oxygen atoms in total. The highest BCUT2D eigenvalue weighted by molar-refractivity contribution is 6.32. The van der Waals surface area contributed by atoms with E-state index in [-0.39, 0.29) is 28.9 Å². The van der Waals surface area contributed by atoms with Gasteiger partial charge in [-0.25, -0.2) is 9.37 Å². The molecule has 0 aliphatic heterocycles. The van der Waals surface area contributed by atoms with Crippen molar-refractivity contribution in [1.29, 1.82) is 0 Å². The number of anilines is 3. The molecule has 3 N–H and O–H groups in total. The Hall–Kier alpha value is -2.88. The molecular formula is C15H11ClF4N6. The highest BCUT2D eigenvalue weighted by Gasteiger charge is 2.36. The average molecular weight is 387 g/mol. The summed E-state index contributed by atoms with van der Waals surface area (Å²) < 4.78 is 52.8. The van der Waals surface area contributed by atoms with E-state index in [9.17, 15) is 17.6 Å². The van der Waals surface area contributed by atoms with E-state index in [1.807, 2.05) is 0 Å². The Morgan fingerprint density at radius 1 is 1.19 bits per heavy atom. The van der Waals surface area contributed by atoms with E-state index >= 15 is 0 Å². The molecule has 2 heterocycles. The molecule has 2 aromatic heterocycles. The van der Waals surface area contributed by atoms with Gasteiger partial charge in [-0.1, -0.05) is 23.7 Å². The maximum absolute atomic E-state index is 13.6. The highest BCUT2D eigenvalue weighted by atomic mass is 35.5. The Morgan fingerprint density at radius 2 is 2.00 bits per heavy atom. The summed E-state index contributed by atoms with van der Waals surface area (Å²) in [6.07, 6.45) is -0.470. The zero-order chi connectivity index (χ0) is 18.7. The zero-order valence-electron chi connectivity index (χ0n) is 12.9. The lowest BCUT2D eigenvalue weighted by atomic mass is 10.1. The SMILES string of the molecule is Fc1cccc(CNc2nc(Nc3cn[nH]c3)ncc2Cl)c1C(F)(F)F. The van der Waals surface area contributed by atoms with Crippen molar-refractivity contribution in [1.82, 2.24) is 20.2 Å². The summed E-state index contributed by atoms with van der Waals surface area (Å²) >= 11 is 5.98. The van der Waals surface area contributed by atoms with Crippen LogP contribution in [0, 0.1) is 5.82 Å². The van der Waals surface area contributed by atoms with Crippen LogP contribution in [0.25, 0.3) is 0 Å². The largest absolute Gasteiger partial charge is 0.419 e. The lowest BCUT2D eigenvalue weighted by molar-refractivity contribution is -0.140. The third kappa shape index (κ3) is 4.02. The van der Waals surface area contributed by atoms with Crippen LogP contribution in [-0.4, -0.2) is 20.2 Å². The molecule has 0 atom stereocenters. The number of rotatable bonds is 5. The van der Waals surface area contributed by atoms with Crippen molar-refractivity contribution in [3.05, 3.63) is 58.8 Å². The van der Waals surface area contributed by atoms with Crippen LogP contribution < -0.4 is 10.6 Å². The summed E-state index contributed by atoms with van der Waals surface area (Å²) in [7, 11) is 0. The highest BCUT2D eigenvalue weighted by Crippen LogP contribution is 2.34. The predicted molar refractivity (Wildman–Crippen MR) is 87.6 cm³/mol. The number of nitrogens with zero attached hydrogens (tertiary/aromatic N) is 3. The first-order valence-corrected chi connectivity index (χ1v) is 7.59. The molecule has 26 heavy (non-hydrogen) atoms. The van der Waals surface area contributed by atoms with Gasteiger partial charge < -0.3 is 10.6 Å². The molecule has 11 heteroatoms. The van der Waals surface area contributed by atoms with E-state index in [0.717, 1.165) is 6.07 Å². The van der Waals surface area contributed by atoms with Crippen LogP contribution >= 0.6 is 11.6 Å². The van der Waals surface area contributed by atoms with Crippen molar-refractivity contribution in [2.45, 2.75) is 12.7 Å². The Morgan fingerprint density at radius 3 is 2.69 bits per heavy atom. The first kappa shape index (κ1) is 17.9. The van der Waals surface area contributed by atoms with Crippen molar-refractivity contribution < 1.29 is 17.6 Å². The van der Waals surface area contributed by atoms with Crippen LogP contribution in [0.15, 0.2) is 36.8 Å². The van der Waals surface area contributed by atoms with Gasteiger partial charge in [-0.15, -0.1) is 0 Å². The van der Waals surface area contributed by atoms with Gasteiger partial charge in [-0.05, 0) is 11.6 Å². The number of benzene rings is 1. The van der Waals surface area contributed by atoms with Gasteiger partial charge in [0.25, 0.3) is 0 Å². The molecule has 136 valence electrons. The number of H-pyrrole nitrogens is 1. The summed E-state index contributed by atoms with van der Waals surface area (Å²) in [5, 5.41) is 12.0. The molecule has 0 spiro atoms. The fraction of sp³-hybridized carbons (Fsp3) is 0.133. The van der Waals surface area contributed by atoms with Crippen LogP contribution in [0.2, 0.25) is 5.02 Å². The fourth-order valence-electron chi connectivity index (χ4n) is 2.21. The summed E-state index contributed by atoms with van der Waals surface area (Å²) in [6, 6.07) is 3.14. The van der Waals surface area contributed by atoms with Crippen LogP contribution in [-0.2, 0) is 12.7 Å². The van der Waals surface area contributed by atoms with Gasteiger partial charge >= 0.3 is 6.18 Å². The summed E-state index contributed by atoms with van der Waals surface area (Å²) in [6.45, 7) is -0.325. The predicted octanol–water partition coefficient (Wildman–Crippen LogP) is 4.37. The second kappa shape index (κ2) is 7.16. The minimum atomic E-state index is -4.81. The van der Waals surface area contributed by atoms with Gasteiger partial charge in [0, 0.05) is 12.7 Å². The molecule has 0 amide bonds. The van der Waals surface area contributed by atoms with Crippen LogP contribution in [0.3, 0.4) is 0 Å². The van der Waals surface area contributed by atoms with Gasteiger partial charge in [0.2, 0.25) is 5.95 Å². The van der Waals surface area contributed by atoms with Crippen molar-refractivity contribution in [2.24, 2.45) is 0 Å². The number of nitrogens with one attached hydrogen (secondary N) is 3. The number of aromatic amines is 1. The molecule has 0 aliphatic rings. The van der Waals surface area contributed by atoms with Crippen LogP contribution in [0.5, 0.6) is 0 Å². The average Bonchev–Trinajstić information content (AvgIpc) is 3.07. The lowest BCUT2D eigenvalue weighted by Crippen LogP contribution is -2.15. The number of hydrogen-bond acceptors (Lipinski definition) is 5. The van der Waals surface area contributed by atoms with Crippen LogP contribution in [0.1, 0.15) is 11.1 Å². The molecule has 0 unspecified atom stereocenters. The van der Waals surface area contributed by atoms with E-state index in [1.165, 1.54) is 24.5 Å². The van der Waals surface area contributed by atoms with E-state index in [0.29, 0.717) is 5.69 Å². The van der Waals surface area contributed by atoms with Gasteiger partial charge in [-0.3, -0.25) is 5.10 Å². The number of hydrogen-bond donors (Lipinski definition) is 3. The van der Waals surface area contributed by atoms with E-state index in [4.69, 9.17) is 11.6 Å². The van der Waals surface area contributed by atoms with Gasteiger partial charge in [0.1, 0.15) is 10.8 Å². The maximum atomic E-state index is 13.6. The molecule has 0 saturated heterocycles. The Kier molecular flexibility index (Phi) is 4.94. The molecule has 0 aliphatic carbocycles. The van der Waals surface area contributed by atoms with Crippen molar-refractivity contribution >= 4 is 29.1 Å². The summed E-state index contributed by atoms with van der Waals surface area (Å²) in [5.74, 6) is -1.08. The Balaban J connectivity index is 1.81. The quantitative estimate of drug-likeness (QED) is 0.568. The molecule has 0 bridgehead atoms. The first-order valence-electron chi connectivity index (χ1n) is 7.21. The Bertz CT molecular complexity index is 898. The minimum absolute atomic E-state index is 0.102. The molecule has 1 aromatic carbocycles. The third-order valence-electron chi connectivity index (χ3n) is 3.33. The van der Waals surface area contributed by atoms with Crippen molar-refractivity contribution in [3.63, 3.8) is 0 Å². The monoisotopic (exact) mass is 386 g/mol. The van der Waals surface area contributed by atoms with Crippen molar-refractivity contribution in [3.8, 4) is 0 Å². The number of halogens is 5. The van der Waals surface area contributed by atoms with E-state index < -0.39 is 17.6 Å². The minimum Gasteiger partial charge on any atom is -0.365 e. The number of aromatic nitrogens is 4. The standard InChI is InChI=1S/C15H11ClF4N6/c16-10-7-22-14(25-9-5-23-24-6-9)26-13(10)21-4-8-2-1-3-11(17)12(8)15(18,19)20/h1-3,5-7H,4H2,(H,23,24)(H2,21,22,25,26). The molecule has 0 saturated carbocycles. The van der Waals surface area contributed by atoms with Gasteiger partial charge in [0.15, 0.2) is 5.82 Å². The summed E-state index contributed by atoms with van der Waals surface area (Å²) in [4.78, 5) is 8.06. The normalized spacial score (nSPS) is 11.4. The Labute approximate surface area is 149 Å². The first-order chi connectivity index (χ1) is 12.3. The van der Waals surface area contributed by atoms with Crippen LogP contribution in [0.4, 0.5) is 35.0 Å². The molecule has 3 aromatic rings. The molecular weight excluding hydrogens is 376 g/mol. The topological polar surface area (TPSA) is 78.5 Å². The van der Waals surface area contributed by atoms with E-state index in [1.54, 1.807) is 6.20 Å². The maximum Gasteiger partial charge on any atom is 0.419 e. The second-order valence-electron chi connectivity index (χ2n) is 5.13. The fourth-order valence-corrected chi connectivity index (χ4v) is 2.37. The smallest absolute Gasteiger partial charge is 0.365 e. The molecule has 0 fully saturated rings. The molecule has 0 radical (unpaired) electrons. The van der Waals surface area contributed by atoms with E-state index in [2.05, 4.69) is 30.8 Å². The second-order valence-corrected chi connectivity index (χ2v) is 5.53. The number of alkyl halides is 3. The third-order valence-corrected chi connectivity index (χ3v) is 3.60. The van der Waals surface area contributed by atoms with Gasteiger partial charge in [0.05, 0.1) is 23.6 Å². The zero-order valence-corrected chi connectivity index (χ0v) is 13.7. The molecule has 3 rings (SSSR count). The summed E-state index contributed by atoms with van der Waals surface area (Å²) in [5.41, 5.74) is -1.01. The van der Waals surface area contributed by atoms with Gasteiger partial charge in [-0.2, -0.15) is 23.3 Å². The lowest BCUT2D eigenvalue weighted by Gasteiger charge is -2.15.